The number of hydrogen-bond donors (Lipinski definition) is 2. The molecule has 0 spiro atoms. The predicted octanol–water partition coefficient (Wildman–Crippen LogP) is 3.94. The largest absolute Gasteiger partial charge is 0.481 e. The van der Waals surface area contributed by atoms with Crippen molar-refractivity contribution in [3.63, 3.8) is 0 Å². The number of carboxylic acids is 1. The lowest BCUT2D eigenvalue weighted by Gasteiger charge is -2.08. The summed E-state index contributed by atoms with van der Waals surface area (Å²) in [5.74, 6) is -0.911. The van der Waals surface area contributed by atoms with Gasteiger partial charge in [-0.1, -0.05) is 41.4 Å². The first kappa shape index (κ1) is 20.7. The van der Waals surface area contributed by atoms with E-state index in [0.717, 1.165) is 16.5 Å². The second-order valence-electron chi connectivity index (χ2n) is 6.18. The fourth-order valence-corrected chi connectivity index (χ4v) is 4.55. The van der Waals surface area contributed by atoms with Gasteiger partial charge in [0.15, 0.2) is 0 Å². The quantitative estimate of drug-likeness (QED) is 0.554. The number of nitrogens with one attached hydrogen (secondary N) is 1. The smallest absolute Gasteiger partial charge is 0.305 e. The van der Waals surface area contributed by atoms with Crippen molar-refractivity contribution in [3.05, 3.63) is 64.3 Å². The van der Waals surface area contributed by atoms with Crippen LogP contribution in [0.2, 0.25) is 10.2 Å². The highest BCUT2D eigenvalue weighted by Crippen LogP contribution is 2.30. The Morgan fingerprint density at radius 2 is 1.75 bits per heavy atom. The molecule has 6 nitrogen and oxygen atoms in total. The van der Waals surface area contributed by atoms with E-state index in [4.69, 9.17) is 28.3 Å². The number of carbonyl (C=O) groups is 1. The van der Waals surface area contributed by atoms with Crippen LogP contribution in [0.1, 0.15) is 12.0 Å². The van der Waals surface area contributed by atoms with Crippen LogP contribution in [0.15, 0.2) is 53.4 Å². The van der Waals surface area contributed by atoms with Crippen LogP contribution >= 0.6 is 23.2 Å². The van der Waals surface area contributed by atoms with Crippen molar-refractivity contribution < 1.29 is 18.3 Å². The summed E-state index contributed by atoms with van der Waals surface area (Å²) in [5.41, 5.74) is 1.60. The van der Waals surface area contributed by atoms with Crippen LogP contribution in [0.3, 0.4) is 0 Å². The highest BCUT2D eigenvalue weighted by Gasteiger charge is 2.18. The van der Waals surface area contributed by atoms with Crippen LogP contribution in [0.5, 0.6) is 0 Å². The Bertz CT molecular complexity index is 1110. The zero-order valence-electron chi connectivity index (χ0n) is 14.7. The predicted molar refractivity (Wildman–Crippen MR) is 110 cm³/mol. The van der Waals surface area contributed by atoms with Crippen molar-refractivity contribution in [2.75, 3.05) is 6.54 Å². The van der Waals surface area contributed by atoms with Gasteiger partial charge in [-0.05, 0) is 42.3 Å². The Morgan fingerprint density at radius 3 is 2.43 bits per heavy atom. The van der Waals surface area contributed by atoms with Crippen molar-refractivity contribution in [2.24, 2.45) is 0 Å². The first-order chi connectivity index (χ1) is 13.3. The van der Waals surface area contributed by atoms with Gasteiger partial charge >= 0.3 is 5.97 Å². The molecule has 148 valence electrons. The van der Waals surface area contributed by atoms with Crippen molar-refractivity contribution >= 4 is 50.1 Å². The number of aromatic nitrogens is 1. The zero-order chi connectivity index (χ0) is 20.3. The number of fused-ring (bicyclic) bond motifs is 1. The first-order valence-corrected chi connectivity index (χ1v) is 10.8. The number of aliphatic carboxylic acids is 1. The summed E-state index contributed by atoms with van der Waals surface area (Å²) in [6, 6.07) is 13.4. The number of sulfonamides is 1. The number of rotatable bonds is 8. The molecule has 0 aliphatic heterocycles. The molecule has 3 aromatic rings. The van der Waals surface area contributed by atoms with Gasteiger partial charge in [-0.25, -0.2) is 13.1 Å². The molecule has 0 unspecified atom stereocenters. The van der Waals surface area contributed by atoms with E-state index in [1.807, 2.05) is 24.3 Å². The van der Waals surface area contributed by atoms with Gasteiger partial charge in [-0.2, -0.15) is 0 Å². The fraction of sp³-hybridized carbons (Fsp3) is 0.211. The molecule has 9 heteroatoms. The summed E-state index contributed by atoms with van der Waals surface area (Å²) in [6.45, 7) is 0.392. The van der Waals surface area contributed by atoms with Crippen molar-refractivity contribution in [1.82, 2.24) is 9.29 Å². The molecular weight excluding hydrogens is 423 g/mol. The number of hydrogen-bond acceptors (Lipinski definition) is 3. The van der Waals surface area contributed by atoms with Gasteiger partial charge in [0.05, 0.1) is 11.3 Å². The summed E-state index contributed by atoms with van der Waals surface area (Å²) in [4.78, 5) is 11.1. The molecule has 1 aromatic heterocycles. The Labute approximate surface area is 172 Å². The Hall–Kier alpha value is -2.06. The lowest BCUT2D eigenvalue weighted by atomic mass is 10.1. The van der Waals surface area contributed by atoms with Crippen molar-refractivity contribution in [3.8, 4) is 0 Å². The molecule has 28 heavy (non-hydrogen) atoms. The number of para-hydroxylation sites is 1. The molecule has 0 aliphatic rings. The molecule has 0 amide bonds. The number of carboxylic acid groups (broad SMARTS) is 1. The van der Waals surface area contributed by atoms with E-state index in [9.17, 15) is 13.2 Å². The van der Waals surface area contributed by atoms with Gasteiger partial charge in [-0.3, -0.25) is 4.79 Å². The molecule has 0 saturated heterocycles. The van der Waals surface area contributed by atoms with Gasteiger partial charge < -0.3 is 9.67 Å². The van der Waals surface area contributed by atoms with E-state index in [2.05, 4.69) is 4.72 Å². The second-order valence-corrected chi connectivity index (χ2v) is 8.74. The summed E-state index contributed by atoms with van der Waals surface area (Å²) >= 11 is 12.3. The van der Waals surface area contributed by atoms with E-state index < -0.39 is 16.0 Å². The topological polar surface area (TPSA) is 88.4 Å². The monoisotopic (exact) mass is 440 g/mol. The molecule has 2 N–H and O–H groups in total. The van der Waals surface area contributed by atoms with E-state index in [1.54, 1.807) is 4.57 Å². The van der Waals surface area contributed by atoms with Gasteiger partial charge in [0.2, 0.25) is 10.0 Å². The Kier molecular flexibility index (Phi) is 6.30. The van der Waals surface area contributed by atoms with Crippen LogP contribution in [-0.4, -0.2) is 30.6 Å². The van der Waals surface area contributed by atoms with Crippen LogP contribution < -0.4 is 4.72 Å². The van der Waals surface area contributed by atoms with Gasteiger partial charge in [0, 0.05) is 29.0 Å². The fourth-order valence-electron chi connectivity index (χ4n) is 3.02. The summed E-state index contributed by atoms with van der Waals surface area (Å²) in [6.07, 6.45) is 0.313. The highest BCUT2D eigenvalue weighted by molar-refractivity contribution is 7.89. The molecule has 3 rings (SSSR count). The van der Waals surface area contributed by atoms with E-state index in [-0.39, 0.29) is 24.4 Å². The molecule has 0 radical (unpaired) electrons. The lowest BCUT2D eigenvalue weighted by Crippen LogP contribution is -2.26. The van der Waals surface area contributed by atoms with E-state index in [0.29, 0.717) is 16.6 Å². The minimum Gasteiger partial charge on any atom is -0.481 e. The van der Waals surface area contributed by atoms with Gasteiger partial charge in [-0.15, -0.1) is 0 Å². The average molecular weight is 441 g/mol. The molecule has 0 fully saturated rings. The second kappa shape index (κ2) is 8.53. The molecule has 0 aliphatic carbocycles. The van der Waals surface area contributed by atoms with Gasteiger partial charge in [0.25, 0.3) is 0 Å². The third-order valence-corrected chi connectivity index (χ3v) is 6.51. The normalized spacial score (nSPS) is 11.8. The number of benzene rings is 2. The third kappa shape index (κ3) is 4.50. The van der Waals surface area contributed by atoms with E-state index in [1.165, 1.54) is 24.3 Å². The van der Waals surface area contributed by atoms with Crippen LogP contribution in [0.25, 0.3) is 10.9 Å². The molecular formula is C19H18Cl2N2O4S. The maximum absolute atomic E-state index is 12.4. The number of halogens is 2. The molecule has 0 atom stereocenters. The number of aryl methyl sites for hydroxylation is 1. The van der Waals surface area contributed by atoms with Crippen LogP contribution in [-0.2, 0) is 27.8 Å². The highest BCUT2D eigenvalue weighted by atomic mass is 35.5. The molecule has 1 heterocycles. The molecule has 0 bridgehead atoms. The average Bonchev–Trinajstić information content (AvgIpc) is 2.92. The van der Waals surface area contributed by atoms with Gasteiger partial charge in [0.1, 0.15) is 5.15 Å². The molecule has 2 aromatic carbocycles. The van der Waals surface area contributed by atoms with Crippen molar-refractivity contribution in [1.29, 1.82) is 0 Å². The first-order valence-electron chi connectivity index (χ1n) is 8.52. The Balaban J connectivity index is 1.80. The SMILES string of the molecule is O=C(O)CCn1c(Cl)c(CCNS(=O)(=O)c2ccc(Cl)cc2)c2ccccc21. The van der Waals surface area contributed by atoms with Crippen LogP contribution in [0.4, 0.5) is 0 Å². The minimum atomic E-state index is -3.66. The summed E-state index contributed by atoms with van der Waals surface area (Å²) < 4.78 is 29.1. The maximum atomic E-state index is 12.4. The third-order valence-electron chi connectivity index (χ3n) is 4.35. The summed E-state index contributed by atoms with van der Waals surface area (Å²) in [7, 11) is -3.66. The molecule has 0 saturated carbocycles. The Morgan fingerprint density at radius 1 is 1.07 bits per heavy atom. The lowest BCUT2D eigenvalue weighted by molar-refractivity contribution is -0.137. The van der Waals surface area contributed by atoms with Crippen molar-refractivity contribution in [2.45, 2.75) is 24.3 Å². The minimum absolute atomic E-state index is 0.0545. The number of nitrogens with zero attached hydrogens (tertiary/aromatic N) is 1. The summed E-state index contributed by atoms with van der Waals surface area (Å²) in [5, 5.41) is 10.7. The van der Waals surface area contributed by atoms with Crippen LogP contribution in [0, 0.1) is 0 Å². The standard InChI is InChI=1S/C19H18Cl2N2O4S/c20-13-5-7-14(8-6-13)28(26,27)22-11-9-16-15-3-1-2-4-17(15)23(19(16)21)12-10-18(24)25/h1-8,22H,9-12H2,(H,24,25). The maximum Gasteiger partial charge on any atom is 0.305 e. The zero-order valence-corrected chi connectivity index (χ0v) is 17.1. The van der Waals surface area contributed by atoms with E-state index >= 15 is 0 Å².